The molecule has 0 aliphatic carbocycles. The zero-order chi connectivity index (χ0) is 11.3. The van der Waals surface area contributed by atoms with Gasteiger partial charge in [0.2, 0.25) is 5.91 Å². The first-order valence-corrected chi connectivity index (χ1v) is 4.58. The minimum atomic E-state index is -0.597. The molecule has 15 heavy (non-hydrogen) atoms. The van der Waals surface area contributed by atoms with E-state index in [1.54, 1.807) is 0 Å². The van der Waals surface area contributed by atoms with Crippen LogP contribution in [0.1, 0.15) is 13.3 Å². The summed E-state index contributed by atoms with van der Waals surface area (Å²) in [6.45, 7) is 2.55. The van der Waals surface area contributed by atoms with E-state index in [2.05, 4.69) is 10.4 Å². The van der Waals surface area contributed by atoms with E-state index in [1.165, 1.54) is 16.9 Å². The van der Waals surface area contributed by atoms with Gasteiger partial charge in [-0.3, -0.25) is 4.79 Å². The monoisotopic (exact) mass is 212 g/mol. The molecule has 1 N–H and O–H groups in total. The van der Waals surface area contributed by atoms with E-state index in [1.807, 2.05) is 6.92 Å². The summed E-state index contributed by atoms with van der Waals surface area (Å²) < 4.78 is 1.24. The van der Waals surface area contributed by atoms with E-state index in [-0.39, 0.29) is 18.3 Å². The third-order valence-corrected chi connectivity index (χ3v) is 1.69. The van der Waals surface area contributed by atoms with Crippen molar-refractivity contribution < 1.29 is 9.72 Å². The molecule has 1 aromatic rings. The molecule has 0 aromatic carbocycles. The van der Waals surface area contributed by atoms with Gasteiger partial charge >= 0.3 is 5.82 Å². The molecule has 1 aromatic heterocycles. The molecule has 0 bridgehead atoms. The summed E-state index contributed by atoms with van der Waals surface area (Å²) in [6, 6.07) is 1.26. The van der Waals surface area contributed by atoms with Crippen LogP contribution < -0.4 is 5.32 Å². The van der Waals surface area contributed by atoms with E-state index in [4.69, 9.17) is 0 Å². The highest BCUT2D eigenvalue weighted by atomic mass is 16.6. The Morgan fingerprint density at radius 1 is 1.73 bits per heavy atom. The lowest BCUT2D eigenvalue weighted by atomic mass is 10.4. The number of aromatic nitrogens is 2. The van der Waals surface area contributed by atoms with E-state index in [9.17, 15) is 14.9 Å². The van der Waals surface area contributed by atoms with Gasteiger partial charge in [-0.25, -0.2) is 0 Å². The molecular weight excluding hydrogens is 200 g/mol. The van der Waals surface area contributed by atoms with Crippen molar-refractivity contribution in [1.29, 1.82) is 0 Å². The van der Waals surface area contributed by atoms with Gasteiger partial charge in [0.15, 0.2) is 0 Å². The average molecular weight is 212 g/mol. The minimum Gasteiger partial charge on any atom is -0.358 e. The fraction of sp³-hybridized carbons (Fsp3) is 0.500. The zero-order valence-corrected chi connectivity index (χ0v) is 8.34. The van der Waals surface area contributed by atoms with Gasteiger partial charge in [-0.05, 0) is 11.3 Å². The van der Waals surface area contributed by atoms with Gasteiger partial charge in [0.05, 0.1) is 17.4 Å². The maximum absolute atomic E-state index is 11.2. The molecule has 7 nitrogen and oxygen atoms in total. The molecule has 1 heterocycles. The van der Waals surface area contributed by atoms with Gasteiger partial charge in [0, 0.05) is 6.54 Å². The topological polar surface area (TPSA) is 90.1 Å². The number of rotatable bonds is 5. The molecule has 0 radical (unpaired) electrons. The maximum Gasteiger partial charge on any atom is 0.389 e. The largest absolute Gasteiger partial charge is 0.389 e. The van der Waals surface area contributed by atoms with E-state index < -0.39 is 4.92 Å². The highest BCUT2D eigenvalue weighted by Crippen LogP contribution is 2.04. The molecule has 82 valence electrons. The Kier molecular flexibility index (Phi) is 3.78. The van der Waals surface area contributed by atoms with Crippen molar-refractivity contribution in [3.63, 3.8) is 0 Å². The van der Waals surface area contributed by atoms with Crippen molar-refractivity contribution in [3.05, 3.63) is 22.4 Å². The number of nitrogens with zero attached hydrogens (tertiary/aromatic N) is 3. The van der Waals surface area contributed by atoms with Crippen molar-refractivity contribution >= 4 is 11.7 Å². The fourth-order valence-corrected chi connectivity index (χ4v) is 1.00. The third-order valence-electron chi connectivity index (χ3n) is 1.69. The lowest BCUT2D eigenvalue weighted by Gasteiger charge is -2.00. The quantitative estimate of drug-likeness (QED) is 0.562. The number of carbonyl (C=O) groups excluding carboxylic acids is 1. The van der Waals surface area contributed by atoms with E-state index in [0.29, 0.717) is 6.54 Å². The van der Waals surface area contributed by atoms with Crippen molar-refractivity contribution in [2.75, 3.05) is 6.54 Å². The Bertz CT molecular complexity index is 361. The van der Waals surface area contributed by atoms with Crippen LogP contribution >= 0.6 is 0 Å². The van der Waals surface area contributed by atoms with Crippen LogP contribution in [0.3, 0.4) is 0 Å². The lowest BCUT2D eigenvalue weighted by Crippen LogP contribution is -2.28. The van der Waals surface area contributed by atoms with Crippen LogP contribution in [0.15, 0.2) is 12.3 Å². The average Bonchev–Trinajstić information content (AvgIpc) is 2.63. The smallest absolute Gasteiger partial charge is 0.358 e. The number of nitro groups is 1. The number of carbonyl (C=O) groups is 1. The predicted octanol–water partition coefficient (Wildman–Crippen LogP) is 0.317. The summed E-state index contributed by atoms with van der Waals surface area (Å²) in [5, 5.41) is 16.6. The molecule has 0 fully saturated rings. The highest BCUT2D eigenvalue weighted by molar-refractivity contribution is 5.75. The number of nitrogens with one attached hydrogen (secondary N) is 1. The summed E-state index contributed by atoms with van der Waals surface area (Å²) >= 11 is 0. The number of hydrogen-bond donors (Lipinski definition) is 1. The molecule has 0 saturated heterocycles. The van der Waals surface area contributed by atoms with Gasteiger partial charge in [0.1, 0.15) is 6.54 Å². The van der Waals surface area contributed by atoms with Crippen molar-refractivity contribution in [2.24, 2.45) is 0 Å². The SMILES string of the molecule is CCCNC(=O)Cn1ccc([N+](=O)[O-])n1. The maximum atomic E-state index is 11.2. The van der Waals surface area contributed by atoms with Crippen LogP contribution in [0.2, 0.25) is 0 Å². The highest BCUT2D eigenvalue weighted by Gasteiger charge is 2.12. The van der Waals surface area contributed by atoms with Crippen LogP contribution in [-0.2, 0) is 11.3 Å². The Morgan fingerprint density at radius 2 is 2.47 bits per heavy atom. The van der Waals surface area contributed by atoms with Gasteiger partial charge in [-0.15, -0.1) is 0 Å². The van der Waals surface area contributed by atoms with Crippen molar-refractivity contribution in [3.8, 4) is 0 Å². The van der Waals surface area contributed by atoms with Crippen LogP contribution in [0, 0.1) is 10.1 Å². The molecule has 0 spiro atoms. The standard InChI is InChI=1S/C8H12N4O3/c1-2-4-9-8(13)6-11-5-3-7(10-11)12(14)15/h3,5H,2,4,6H2,1H3,(H,9,13). The second-order valence-electron chi connectivity index (χ2n) is 2.98. The molecule has 0 aliphatic rings. The number of amides is 1. The second kappa shape index (κ2) is 5.08. The minimum absolute atomic E-state index is 0.00778. The molecule has 0 atom stereocenters. The summed E-state index contributed by atoms with van der Waals surface area (Å²) in [5.41, 5.74) is 0. The van der Waals surface area contributed by atoms with Crippen LogP contribution in [0.25, 0.3) is 0 Å². The fourth-order valence-electron chi connectivity index (χ4n) is 1.00. The van der Waals surface area contributed by atoms with E-state index >= 15 is 0 Å². The summed E-state index contributed by atoms with van der Waals surface area (Å²) in [7, 11) is 0. The molecule has 1 rings (SSSR count). The second-order valence-corrected chi connectivity index (χ2v) is 2.98. The third kappa shape index (κ3) is 3.37. The van der Waals surface area contributed by atoms with Crippen LogP contribution in [-0.4, -0.2) is 27.2 Å². The van der Waals surface area contributed by atoms with Crippen molar-refractivity contribution in [2.45, 2.75) is 19.9 Å². The predicted molar refractivity (Wildman–Crippen MR) is 52.2 cm³/mol. The zero-order valence-electron chi connectivity index (χ0n) is 8.34. The normalized spacial score (nSPS) is 9.93. The van der Waals surface area contributed by atoms with E-state index in [0.717, 1.165) is 6.42 Å². The summed E-state index contributed by atoms with van der Waals surface area (Å²) in [4.78, 5) is 20.9. The molecule has 0 saturated carbocycles. The Hall–Kier alpha value is -1.92. The molecule has 7 heteroatoms. The first-order valence-electron chi connectivity index (χ1n) is 4.58. The van der Waals surface area contributed by atoms with Gasteiger partial charge in [-0.2, -0.15) is 4.68 Å². The molecular formula is C8H12N4O3. The molecule has 1 amide bonds. The van der Waals surface area contributed by atoms with Crippen molar-refractivity contribution in [1.82, 2.24) is 15.1 Å². The van der Waals surface area contributed by atoms with Gasteiger partial charge in [-0.1, -0.05) is 6.92 Å². The Labute approximate surface area is 86.2 Å². The van der Waals surface area contributed by atoms with Gasteiger partial charge < -0.3 is 15.4 Å². The summed E-state index contributed by atoms with van der Waals surface area (Å²) in [6.07, 6.45) is 2.26. The number of hydrogen-bond acceptors (Lipinski definition) is 4. The Balaban J connectivity index is 2.50. The first kappa shape index (κ1) is 11.2. The Morgan fingerprint density at radius 3 is 3.00 bits per heavy atom. The molecule has 0 unspecified atom stereocenters. The van der Waals surface area contributed by atoms with Crippen LogP contribution in [0.4, 0.5) is 5.82 Å². The summed E-state index contributed by atoms with van der Waals surface area (Å²) in [5.74, 6) is -0.451. The molecule has 0 aliphatic heterocycles. The lowest BCUT2D eigenvalue weighted by molar-refractivity contribution is -0.389. The van der Waals surface area contributed by atoms with Gasteiger partial charge in [0.25, 0.3) is 0 Å². The first-order chi connectivity index (χ1) is 7.13. The van der Waals surface area contributed by atoms with Crippen LogP contribution in [0.5, 0.6) is 0 Å².